The first-order chi connectivity index (χ1) is 8.86. The molecule has 1 amide bonds. The molecule has 4 nitrogen and oxygen atoms in total. The number of ether oxygens (including phenoxy) is 1. The van der Waals surface area contributed by atoms with Gasteiger partial charge in [-0.25, -0.2) is 4.79 Å². The van der Waals surface area contributed by atoms with Gasteiger partial charge in [0.25, 0.3) is 0 Å². The van der Waals surface area contributed by atoms with Gasteiger partial charge in [0.05, 0.1) is 0 Å². The van der Waals surface area contributed by atoms with Crippen molar-refractivity contribution in [2.24, 2.45) is 11.3 Å². The lowest BCUT2D eigenvalue weighted by Crippen LogP contribution is -2.36. The fourth-order valence-electron chi connectivity index (χ4n) is 3.70. The molecule has 0 aromatic rings. The minimum absolute atomic E-state index is 0.195. The average Bonchev–Trinajstić information content (AvgIpc) is 2.87. The Kier molecular flexibility index (Phi) is 4.09. The van der Waals surface area contributed by atoms with E-state index in [1.54, 1.807) is 0 Å². The second-order valence-corrected chi connectivity index (χ2v) is 7.14. The van der Waals surface area contributed by atoms with Gasteiger partial charge in [-0.2, -0.15) is 0 Å². The molecule has 1 heterocycles. The molecule has 1 saturated carbocycles. The zero-order valence-corrected chi connectivity index (χ0v) is 12.4. The van der Waals surface area contributed by atoms with Gasteiger partial charge in [-0.15, -0.1) is 0 Å². The first-order valence-corrected chi connectivity index (χ1v) is 7.45. The molecular formula is C15H27NO3. The van der Waals surface area contributed by atoms with Crippen LogP contribution in [0.4, 0.5) is 4.79 Å². The third-order valence-corrected chi connectivity index (χ3v) is 4.54. The van der Waals surface area contributed by atoms with Crippen molar-refractivity contribution < 1.29 is 14.6 Å². The Labute approximate surface area is 116 Å². The van der Waals surface area contributed by atoms with Gasteiger partial charge >= 0.3 is 6.09 Å². The Morgan fingerprint density at radius 1 is 1.37 bits per heavy atom. The monoisotopic (exact) mass is 269 g/mol. The predicted molar refractivity (Wildman–Crippen MR) is 73.9 cm³/mol. The zero-order chi connectivity index (χ0) is 14.1. The van der Waals surface area contributed by atoms with Crippen molar-refractivity contribution in [3.05, 3.63) is 0 Å². The SMILES string of the molecule is CC(C)(C)OC(=O)N1CC(CCO)C2(CCCC2)C1. The fourth-order valence-corrected chi connectivity index (χ4v) is 3.70. The van der Waals surface area contributed by atoms with Crippen molar-refractivity contribution in [2.75, 3.05) is 19.7 Å². The quantitative estimate of drug-likeness (QED) is 0.838. The van der Waals surface area contributed by atoms with Crippen molar-refractivity contribution in [2.45, 2.75) is 58.5 Å². The van der Waals surface area contributed by atoms with Crippen molar-refractivity contribution in [1.82, 2.24) is 4.90 Å². The molecular weight excluding hydrogens is 242 g/mol. The highest BCUT2D eigenvalue weighted by atomic mass is 16.6. The van der Waals surface area contributed by atoms with Gasteiger partial charge in [0.1, 0.15) is 5.60 Å². The van der Waals surface area contributed by atoms with Gasteiger partial charge < -0.3 is 14.7 Å². The van der Waals surface area contributed by atoms with E-state index in [-0.39, 0.29) is 18.1 Å². The van der Waals surface area contributed by atoms with Gasteiger partial charge in [-0.05, 0) is 51.4 Å². The average molecular weight is 269 g/mol. The molecule has 1 aliphatic heterocycles. The second kappa shape index (κ2) is 5.31. The maximum Gasteiger partial charge on any atom is 0.410 e. The molecule has 2 rings (SSSR count). The summed E-state index contributed by atoms with van der Waals surface area (Å²) in [5.41, 5.74) is -0.186. The van der Waals surface area contributed by atoms with Gasteiger partial charge in [0, 0.05) is 19.7 Å². The first-order valence-electron chi connectivity index (χ1n) is 7.45. The summed E-state index contributed by atoms with van der Waals surface area (Å²) in [5.74, 6) is 0.438. The summed E-state index contributed by atoms with van der Waals surface area (Å²) in [6.07, 6.45) is 5.50. The maximum absolute atomic E-state index is 12.2. The molecule has 1 unspecified atom stereocenters. The molecule has 0 bridgehead atoms. The van der Waals surface area contributed by atoms with Gasteiger partial charge in [-0.1, -0.05) is 12.8 Å². The highest BCUT2D eigenvalue weighted by Crippen LogP contribution is 2.50. The van der Waals surface area contributed by atoms with Crippen LogP contribution in [0.3, 0.4) is 0 Å². The summed E-state index contributed by atoms with van der Waals surface area (Å²) in [6, 6.07) is 0. The molecule has 19 heavy (non-hydrogen) atoms. The van der Waals surface area contributed by atoms with Gasteiger partial charge in [0.2, 0.25) is 0 Å². The van der Waals surface area contributed by atoms with Crippen molar-refractivity contribution in [1.29, 1.82) is 0 Å². The van der Waals surface area contributed by atoms with Crippen LogP contribution in [0.1, 0.15) is 52.9 Å². The number of hydrogen-bond acceptors (Lipinski definition) is 3. The van der Waals surface area contributed by atoms with Crippen LogP contribution in [0.15, 0.2) is 0 Å². The zero-order valence-electron chi connectivity index (χ0n) is 12.4. The van der Waals surface area contributed by atoms with Crippen LogP contribution in [0.2, 0.25) is 0 Å². The molecule has 1 atom stereocenters. The van der Waals surface area contributed by atoms with Crippen LogP contribution < -0.4 is 0 Å². The molecule has 110 valence electrons. The van der Waals surface area contributed by atoms with Crippen LogP contribution in [-0.4, -0.2) is 41.4 Å². The third-order valence-electron chi connectivity index (χ3n) is 4.54. The van der Waals surface area contributed by atoms with Crippen LogP contribution in [0.5, 0.6) is 0 Å². The number of carbonyl (C=O) groups excluding carboxylic acids is 1. The van der Waals surface area contributed by atoms with Gasteiger partial charge in [0.15, 0.2) is 0 Å². The Balaban J connectivity index is 2.03. The van der Waals surface area contributed by atoms with Crippen LogP contribution >= 0.6 is 0 Å². The summed E-state index contributed by atoms with van der Waals surface area (Å²) in [5, 5.41) is 9.25. The molecule has 2 fully saturated rings. The van der Waals surface area contributed by atoms with Crippen molar-refractivity contribution in [3.63, 3.8) is 0 Å². The Morgan fingerprint density at radius 3 is 2.53 bits per heavy atom. The molecule has 2 aliphatic rings. The Hall–Kier alpha value is -0.770. The molecule has 0 aromatic carbocycles. The van der Waals surface area contributed by atoms with E-state index in [0.717, 1.165) is 19.5 Å². The lowest BCUT2D eigenvalue weighted by molar-refractivity contribution is 0.0272. The van der Waals surface area contributed by atoms with E-state index >= 15 is 0 Å². The predicted octanol–water partition coefficient (Wildman–Crippen LogP) is 2.80. The fraction of sp³-hybridized carbons (Fsp3) is 0.933. The van der Waals surface area contributed by atoms with E-state index in [0.29, 0.717) is 5.92 Å². The molecule has 1 aliphatic carbocycles. The number of aliphatic hydroxyl groups excluding tert-OH is 1. The lowest BCUT2D eigenvalue weighted by Gasteiger charge is -2.29. The summed E-state index contributed by atoms with van der Waals surface area (Å²) in [7, 11) is 0. The van der Waals surface area contributed by atoms with Crippen LogP contribution in [0, 0.1) is 11.3 Å². The summed E-state index contributed by atoms with van der Waals surface area (Å²) < 4.78 is 5.48. The summed E-state index contributed by atoms with van der Waals surface area (Å²) >= 11 is 0. The normalized spacial score (nSPS) is 26.1. The Morgan fingerprint density at radius 2 is 2.00 bits per heavy atom. The third kappa shape index (κ3) is 3.22. The minimum atomic E-state index is -0.436. The molecule has 1 saturated heterocycles. The number of aliphatic hydroxyl groups is 1. The van der Waals surface area contributed by atoms with E-state index in [2.05, 4.69) is 0 Å². The molecule has 0 radical (unpaired) electrons. The van der Waals surface area contributed by atoms with Crippen molar-refractivity contribution >= 4 is 6.09 Å². The molecule has 0 aromatic heterocycles. The standard InChI is InChI=1S/C15H27NO3/c1-14(2,3)19-13(18)16-10-12(6-9-17)15(11-16)7-4-5-8-15/h12,17H,4-11H2,1-3H3. The number of amides is 1. The number of hydrogen-bond donors (Lipinski definition) is 1. The number of likely N-dealkylation sites (tertiary alicyclic amines) is 1. The first kappa shape index (κ1) is 14.6. The molecule has 1 spiro atoms. The number of rotatable bonds is 2. The molecule has 1 N–H and O–H groups in total. The van der Waals surface area contributed by atoms with Crippen molar-refractivity contribution in [3.8, 4) is 0 Å². The van der Waals surface area contributed by atoms with E-state index in [9.17, 15) is 9.90 Å². The van der Waals surface area contributed by atoms with Crippen LogP contribution in [-0.2, 0) is 4.74 Å². The van der Waals surface area contributed by atoms with E-state index in [1.807, 2.05) is 25.7 Å². The summed E-state index contributed by atoms with van der Waals surface area (Å²) in [6.45, 7) is 7.48. The number of nitrogens with zero attached hydrogens (tertiary/aromatic N) is 1. The van der Waals surface area contributed by atoms with E-state index in [4.69, 9.17) is 4.74 Å². The largest absolute Gasteiger partial charge is 0.444 e. The highest BCUT2D eigenvalue weighted by molar-refractivity contribution is 5.68. The Bertz CT molecular complexity index is 329. The maximum atomic E-state index is 12.2. The lowest BCUT2D eigenvalue weighted by atomic mass is 9.75. The smallest absolute Gasteiger partial charge is 0.410 e. The van der Waals surface area contributed by atoms with Gasteiger partial charge in [-0.3, -0.25) is 0 Å². The summed E-state index contributed by atoms with van der Waals surface area (Å²) in [4.78, 5) is 14.1. The van der Waals surface area contributed by atoms with Crippen LogP contribution in [0.25, 0.3) is 0 Å². The topological polar surface area (TPSA) is 49.8 Å². The highest BCUT2D eigenvalue weighted by Gasteiger charge is 2.49. The number of carbonyl (C=O) groups is 1. The molecule has 4 heteroatoms. The van der Waals surface area contributed by atoms with E-state index in [1.165, 1.54) is 25.7 Å². The second-order valence-electron chi connectivity index (χ2n) is 7.14. The minimum Gasteiger partial charge on any atom is -0.444 e. The van der Waals surface area contributed by atoms with E-state index < -0.39 is 5.60 Å².